The first-order chi connectivity index (χ1) is 5.07. The molecule has 4 heteroatoms. The number of carbonyl (C=O) groups is 1. The maximum Gasteiger partial charge on any atom is 0.246 e. The van der Waals surface area contributed by atoms with E-state index in [0.29, 0.717) is 5.57 Å². The van der Waals surface area contributed by atoms with Crippen molar-refractivity contribution in [2.45, 2.75) is 19.9 Å². The minimum atomic E-state index is -0.0762. The molecule has 1 unspecified atom stereocenters. The Bertz CT molecular complexity index is 159. The molecule has 0 aromatic rings. The zero-order valence-electron chi connectivity index (χ0n) is 7.81. The maximum atomic E-state index is 11.0. The van der Waals surface area contributed by atoms with E-state index in [-0.39, 0.29) is 24.4 Å². The van der Waals surface area contributed by atoms with Crippen molar-refractivity contribution in [1.82, 2.24) is 10.6 Å². The Labute approximate surface area is 80.0 Å². The van der Waals surface area contributed by atoms with Crippen molar-refractivity contribution in [3.05, 3.63) is 12.2 Å². The summed E-state index contributed by atoms with van der Waals surface area (Å²) in [5.41, 5.74) is 0.549. The summed E-state index contributed by atoms with van der Waals surface area (Å²) in [6.45, 7) is 7.95. The quantitative estimate of drug-likeness (QED) is 0.645. The smallest absolute Gasteiger partial charge is 0.246 e. The Morgan fingerprint density at radius 3 is 2.42 bits per heavy atom. The largest absolute Gasteiger partial charge is 0.349 e. The van der Waals surface area contributed by atoms with Gasteiger partial charge in [0.05, 0.1) is 0 Å². The standard InChI is InChI=1S/C8H16N2O.ClH/c1-6(2)8(11)10-7(3)5-9-4;/h7,9H,1,5H2,2-4H3,(H,10,11);1H. The predicted molar refractivity (Wildman–Crippen MR) is 53.6 cm³/mol. The van der Waals surface area contributed by atoms with E-state index in [1.165, 1.54) is 0 Å². The van der Waals surface area contributed by atoms with E-state index >= 15 is 0 Å². The van der Waals surface area contributed by atoms with E-state index in [9.17, 15) is 4.79 Å². The van der Waals surface area contributed by atoms with Gasteiger partial charge in [0.15, 0.2) is 0 Å². The van der Waals surface area contributed by atoms with Crippen LogP contribution in [-0.4, -0.2) is 25.5 Å². The second kappa shape index (κ2) is 7.13. The third-order valence-corrected chi connectivity index (χ3v) is 1.28. The first kappa shape index (κ1) is 14.0. The van der Waals surface area contributed by atoms with Crippen LogP contribution in [0.2, 0.25) is 0 Å². The summed E-state index contributed by atoms with van der Waals surface area (Å²) in [4.78, 5) is 11.0. The van der Waals surface area contributed by atoms with Gasteiger partial charge >= 0.3 is 0 Å². The monoisotopic (exact) mass is 192 g/mol. The fourth-order valence-electron chi connectivity index (χ4n) is 0.704. The predicted octanol–water partition coefficient (Wildman–Crippen LogP) is 0.708. The van der Waals surface area contributed by atoms with Gasteiger partial charge in [-0.1, -0.05) is 6.58 Å². The number of carbonyl (C=O) groups excluding carboxylic acids is 1. The molecule has 0 aromatic heterocycles. The molecule has 0 aliphatic rings. The van der Waals surface area contributed by atoms with Crippen LogP contribution in [-0.2, 0) is 4.79 Å². The van der Waals surface area contributed by atoms with Crippen molar-refractivity contribution in [2.24, 2.45) is 0 Å². The van der Waals surface area contributed by atoms with Gasteiger partial charge in [0, 0.05) is 18.2 Å². The molecule has 0 heterocycles. The molecule has 0 aliphatic heterocycles. The fourth-order valence-corrected chi connectivity index (χ4v) is 0.704. The topological polar surface area (TPSA) is 41.1 Å². The van der Waals surface area contributed by atoms with Gasteiger partial charge < -0.3 is 10.6 Å². The van der Waals surface area contributed by atoms with Crippen LogP contribution in [0.3, 0.4) is 0 Å². The van der Waals surface area contributed by atoms with Crippen molar-refractivity contribution >= 4 is 18.3 Å². The fraction of sp³-hybridized carbons (Fsp3) is 0.625. The lowest BCUT2D eigenvalue weighted by Gasteiger charge is -2.12. The normalized spacial score (nSPS) is 11.2. The van der Waals surface area contributed by atoms with E-state index in [1.807, 2.05) is 14.0 Å². The van der Waals surface area contributed by atoms with Crippen LogP contribution >= 0.6 is 12.4 Å². The lowest BCUT2D eigenvalue weighted by atomic mass is 10.3. The van der Waals surface area contributed by atoms with E-state index in [2.05, 4.69) is 17.2 Å². The highest BCUT2D eigenvalue weighted by atomic mass is 35.5. The summed E-state index contributed by atoms with van der Waals surface area (Å²) in [7, 11) is 1.85. The molecule has 0 aromatic carbocycles. The van der Waals surface area contributed by atoms with Crippen molar-refractivity contribution in [1.29, 1.82) is 0 Å². The lowest BCUT2D eigenvalue weighted by molar-refractivity contribution is -0.117. The number of halogens is 1. The summed E-state index contributed by atoms with van der Waals surface area (Å²) in [5, 5.41) is 5.75. The van der Waals surface area contributed by atoms with Gasteiger partial charge in [0.25, 0.3) is 0 Å². The molecule has 0 bridgehead atoms. The molecule has 1 amide bonds. The zero-order valence-corrected chi connectivity index (χ0v) is 8.62. The van der Waals surface area contributed by atoms with E-state index < -0.39 is 0 Å². The molecule has 0 saturated carbocycles. The molecule has 2 N–H and O–H groups in total. The van der Waals surface area contributed by atoms with Crippen molar-refractivity contribution < 1.29 is 4.79 Å². The van der Waals surface area contributed by atoms with Crippen molar-refractivity contribution in [3.8, 4) is 0 Å². The van der Waals surface area contributed by atoms with Crippen LogP contribution in [0.1, 0.15) is 13.8 Å². The highest BCUT2D eigenvalue weighted by molar-refractivity contribution is 5.92. The lowest BCUT2D eigenvalue weighted by Crippen LogP contribution is -2.39. The summed E-state index contributed by atoms with van der Waals surface area (Å²) in [5.74, 6) is -0.0762. The Morgan fingerprint density at radius 2 is 2.08 bits per heavy atom. The van der Waals surface area contributed by atoms with Crippen molar-refractivity contribution in [3.63, 3.8) is 0 Å². The highest BCUT2D eigenvalue weighted by Crippen LogP contribution is 1.87. The highest BCUT2D eigenvalue weighted by Gasteiger charge is 2.05. The number of hydrogen-bond donors (Lipinski definition) is 2. The third-order valence-electron chi connectivity index (χ3n) is 1.28. The number of amides is 1. The van der Waals surface area contributed by atoms with Crippen LogP contribution in [0.25, 0.3) is 0 Å². The van der Waals surface area contributed by atoms with Gasteiger partial charge in [-0.25, -0.2) is 0 Å². The number of likely N-dealkylation sites (N-methyl/N-ethyl adjacent to an activating group) is 1. The second-order valence-corrected chi connectivity index (χ2v) is 2.71. The summed E-state index contributed by atoms with van der Waals surface area (Å²) in [6, 6.07) is 0.157. The molecule has 0 radical (unpaired) electrons. The van der Waals surface area contributed by atoms with Gasteiger partial charge in [-0.2, -0.15) is 0 Å². The van der Waals surface area contributed by atoms with Crippen LogP contribution in [0.4, 0.5) is 0 Å². The molecule has 0 saturated heterocycles. The summed E-state index contributed by atoms with van der Waals surface area (Å²) in [6.07, 6.45) is 0. The van der Waals surface area contributed by atoms with E-state index in [0.717, 1.165) is 6.54 Å². The number of rotatable bonds is 4. The SMILES string of the molecule is C=C(C)C(=O)NC(C)CNC.Cl. The maximum absolute atomic E-state index is 11.0. The molecular weight excluding hydrogens is 176 g/mol. The van der Waals surface area contributed by atoms with Crippen LogP contribution < -0.4 is 10.6 Å². The van der Waals surface area contributed by atoms with Gasteiger partial charge in [-0.15, -0.1) is 12.4 Å². The molecule has 0 rings (SSSR count). The first-order valence-corrected chi connectivity index (χ1v) is 3.69. The molecule has 12 heavy (non-hydrogen) atoms. The summed E-state index contributed by atoms with van der Waals surface area (Å²) >= 11 is 0. The second-order valence-electron chi connectivity index (χ2n) is 2.71. The summed E-state index contributed by atoms with van der Waals surface area (Å²) < 4.78 is 0. The minimum Gasteiger partial charge on any atom is -0.349 e. The average Bonchev–Trinajstić information content (AvgIpc) is 1.87. The molecule has 1 atom stereocenters. The van der Waals surface area contributed by atoms with Crippen LogP contribution in [0, 0.1) is 0 Å². The number of nitrogens with one attached hydrogen (secondary N) is 2. The molecule has 0 aliphatic carbocycles. The third kappa shape index (κ3) is 6.19. The Morgan fingerprint density at radius 1 is 1.58 bits per heavy atom. The number of hydrogen-bond acceptors (Lipinski definition) is 2. The molecule has 3 nitrogen and oxygen atoms in total. The average molecular weight is 193 g/mol. The molecular formula is C8H17ClN2O. The molecule has 0 spiro atoms. The van der Waals surface area contributed by atoms with Gasteiger partial charge in [0.2, 0.25) is 5.91 Å². The van der Waals surface area contributed by atoms with Gasteiger partial charge in [-0.3, -0.25) is 4.79 Å². The Balaban J connectivity index is 0. The molecule has 72 valence electrons. The minimum absolute atomic E-state index is 0. The Kier molecular flexibility index (Phi) is 8.32. The zero-order chi connectivity index (χ0) is 8.85. The van der Waals surface area contributed by atoms with Gasteiger partial charge in [-0.05, 0) is 20.9 Å². The molecule has 0 fully saturated rings. The van der Waals surface area contributed by atoms with E-state index in [1.54, 1.807) is 6.92 Å². The van der Waals surface area contributed by atoms with Gasteiger partial charge in [0.1, 0.15) is 0 Å². The van der Waals surface area contributed by atoms with E-state index in [4.69, 9.17) is 0 Å². The first-order valence-electron chi connectivity index (χ1n) is 3.69. The Hall–Kier alpha value is -0.540. The van der Waals surface area contributed by atoms with Crippen molar-refractivity contribution in [2.75, 3.05) is 13.6 Å². The van der Waals surface area contributed by atoms with Crippen LogP contribution in [0.5, 0.6) is 0 Å². The van der Waals surface area contributed by atoms with Crippen LogP contribution in [0.15, 0.2) is 12.2 Å².